The van der Waals surface area contributed by atoms with Gasteiger partial charge in [-0.05, 0) is 49.9 Å². The largest absolute Gasteiger partial charge is 0.383 e. The van der Waals surface area contributed by atoms with Crippen molar-refractivity contribution in [3.8, 4) is 46.5 Å². The van der Waals surface area contributed by atoms with E-state index in [0.29, 0.717) is 43.3 Å². The molecule has 0 unspecified atom stereocenters. The van der Waals surface area contributed by atoms with E-state index in [0.717, 1.165) is 21.3 Å². The number of benzene rings is 2. The highest BCUT2D eigenvalue weighted by Gasteiger charge is 2.23. The van der Waals surface area contributed by atoms with Crippen LogP contribution in [0.3, 0.4) is 0 Å². The van der Waals surface area contributed by atoms with Crippen LogP contribution in [0.4, 0.5) is 5.82 Å². The number of aromatic nitrogens is 4. The summed E-state index contributed by atoms with van der Waals surface area (Å²) in [4.78, 5) is 0. The molecule has 0 aliphatic heterocycles. The van der Waals surface area contributed by atoms with E-state index in [1.54, 1.807) is 16.9 Å². The van der Waals surface area contributed by atoms with E-state index in [1.807, 2.05) is 67.6 Å². The van der Waals surface area contributed by atoms with Crippen molar-refractivity contribution in [1.82, 2.24) is 19.2 Å². The Morgan fingerprint density at radius 2 is 1.02 bits per heavy atom. The van der Waals surface area contributed by atoms with Crippen molar-refractivity contribution in [2.75, 3.05) is 5.73 Å². The molecule has 0 saturated heterocycles. The van der Waals surface area contributed by atoms with E-state index in [1.165, 1.54) is 4.52 Å². The number of nitriles is 4. The molecule has 43 heavy (non-hydrogen) atoms. The third-order valence-corrected chi connectivity index (χ3v) is 7.82. The predicted octanol–water partition coefficient (Wildman–Crippen LogP) is 7.54. The lowest BCUT2D eigenvalue weighted by atomic mass is 9.94. The molecule has 0 saturated carbocycles. The van der Waals surface area contributed by atoms with Gasteiger partial charge in [-0.3, -0.25) is 0 Å². The summed E-state index contributed by atoms with van der Waals surface area (Å²) in [5.74, 6) is 0.219. The van der Waals surface area contributed by atoms with Gasteiger partial charge in [0.25, 0.3) is 0 Å². The number of fused-ring (bicyclic) bond motifs is 2. The standard InChI is InChI=1S/C16H9BrN4.C15H8BrN5.CH4/c1-10-12(7-18)15(11-5-3-2-4-6-11)13(8-19)16-14(17)9-20-21(10)16;16-12-8-20-21-14(12)10(6-17)13(11(7-18)15(21)19)9-4-2-1-3-5-9;/h2-6,9H,1H3;1-5,8H,19H2;1H4. The molecular formula is C32H21Br2N9. The molecule has 9 nitrogen and oxygen atoms in total. The zero-order valence-electron chi connectivity index (χ0n) is 21.8. The summed E-state index contributed by atoms with van der Waals surface area (Å²) in [6.45, 7) is 1.83. The Hall–Kier alpha value is -5.46. The molecule has 2 N–H and O–H groups in total. The molecule has 4 aromatic heterocycles. The minimum atomic E-state index is 0. The number of nitrogens with zero attached hydrogens (tertiary/aromatic N) is 8. The molecule has 0 amide bonds. The van der Waals surface area contributed by atoms with Crippen LogP contribution < -0.4 is 5.73 Å². The lowest BCUT2D eigenvalue weighted by Gasteiger charge is -2.12. The molecule has 208 valence electrons. The Balaban J connectivity index is 0.000000192. The molecule has 11 heteroatoms. The first-order valence-electron chi connectivity index (χ1n) is 12.3. The molecule has 6 rings (SSSR count). The Morgan fingerprint density at radius 3 is 1.47 bits per heavy atom. The number of rotatable bonds is 2. The van der Waals surface area contributed by atoms with Gasteiger partial charge < -0.3 is 5.73 Å². The summed E-state index contributed by atoms with van der Waals surface area (Å²) >= 11 is 6.80. The fourth-order valence-corrected chi connectivity index (χ4v) is 5.72. The normalized spacial score (nSPS) is 10.0. The fraction of sp³-hybridized carbons (Fsp3) is 0.0625. The maximum absolute atomic E-state index is 9.61. The second-order valence-electron chi connectivity index (χ2n) is 8.91. The highest BCUT2D eigenvalue weighted by molar-refractivity contribution is 9.11. The summed E-state index contributed by atoms with van der Waals surface area (Å²) in [6, 6.07) is 27.4. The van der Waals surface area contributed by atoms with Gasteiger partial charge in [-0.2, -0.15) is 31.2 Å². The van der Waals surface area contributed by atoms with Gasteiger partial charge in [-0.15, -0.1) is 0 Å². The van der Waals surface area contributed by atoms with Crippen molar-refractivity contribution in [3.05, 3.63) is 110 Å². The minimum absolute atomic E-state index is 0. The first-order chi connectivity index (χ1) is 20.4. The monoisotopic (exact) mass is 689 g/mol. The SMILES string of the molecule is C.Cc1c(C#N)c(-c2ccccc2)c(C#N)c2c(Br)cnn12.N#Cc1c(-c2ccccc2)c(C#N)c2c(Br)cnn2c1N. The molecule has 0 atom stereocenters. The van der Waals surface area contributed by atoms with Crippen LogP contribution >= 0.6 is 31.9 Å². The van der Waals surface area contributed by atoms with Gasteiger partial charge in [0, 0.05) is 11.1 Å². The topological polar surface area (TPSA) is 156 Å². The number of aryl methyl sites for hydroxylation is 1. The van der Waals surface area contributed by atoms with Crippen molar-refractivity contribution >= 4 is 48.7 Å². The zero-order valence-corrected chi connectivity index (χ0v) is 25.0. The molecular weight excluding hydrogens is 670 g/mol. The van der Waals surface area contributed by atoms with Crippen molar-refractivity contribution < 1.29 is 0 Å². The summed E-state index contributed by atoms with van der Waals surface area (Å²) in [6.07, 6.45) is 3.20. The van der Waals surface area contributed by atoms with Crippen LogP contribution in [0.25, 0.3) is 33.3 Å². The van der Waals surface area contributed by atoms with E-state index in [-0.39, 0.29) is 18.8 Å². The number of hydrogen-bond acceptors (Lipinski definition) is 7. The second-order valence-corrected chi connectivity index (χ2v) is 10.6. The molecule has 0 bridgehead atoms. The van der Waals surface area contributed by atoms with Crippen LogP contribution in [0.15, 0.2) is 82.0 Å². The first kappa shape index (κ1) is 30.5. The quantitative estimate of drug-likeness (QED) is 0.197. The number of halogens is 2. The Morgan fingerprint density at radius 1 is 0.628 bits per heavy atom. The molecule has 0 radical (unpaired) electrons. The fourth-order valence-electron chi connectivity index (χ4n) is 4.81. The van der Waals surface area contributed by atoms with E-state index < -0.39 is 0 Å². The van der Waals surface area contributed by atoms with Crippen LogP contribution in [0.1, 0.15) is 35.4 Å². The Bertz CT molecular complexity index is 2010. The number of nitrogens with two attached hydrogens (primary N) is 1. The number of hydrogen-bond donors (Lipinski definition) is 1. The third-order valence-electron chi connectivity index (χ3n) is 6.66. The van der Waals surface area contributed by atoms with Gasteiger partial charge in [-0.25, -0.2) is 9.03 Å². The highest BCUT2D eigenvalue weighted by Crippen LogP contribution is 2.37. The smallest absolute Gasteiger partial charge is 0.144 e. The van der Waals surface area contributed by atoms with Crippen LogP contribution in [-0.2, 0) is 0 Å². The molecule has 0 fully saturated rings. The van der Waals surface area contributed by atoms with Crippen molar-refractivity contribution in [2.45, 2.75) is 14.4 Å². The number of pyridine rings is 2. The summed E-state index contributed by atoms with van der Waals surface area (Å²) < 4.78 is 4.44. The highest BCUT2D eigenvalue weighted by atomic mass is 79.9. The third kappa shape index (κ3) is 5.09. The van der Waals surface area contributed by atoms with Crippen molar-refractivity contribution in [1.29, 1.82) is 21.0 Å². The van der Waals surface area contributed by atoms with E-state index >= 15 is 0 Å². The predicted molar refractivity (Wildman–Crippen MR) is 171 cm³/mol. The van der Waals surface area contributed by atoms with Gasteiger partial charge in [0.05, 0.1) is 49.2 Å². The zero-order chi connectivity index (χ0) is 30.0. The van der Waals surface area contributed by atoms with Crippen LogP contribution in [-0.4, -0.2) is 19.2 Å². The van der Waals surface area contributed by atoms with Gasteiger partial charge in [0.1, 0.15) is 41.2 Å². The van der Waals surface area contributed by atoms with Gasteiger partial charge in [-0.1, -0.05) is 68.1 Å². The van der Waals surface area contributed by atoms with Gasteiger partial charge in [0.2, 0.25) is 0 Å². The summed E-state index contributed by atoms with van der Waals surface area (Å²) in [5.41, 5.74) is 12.4. The number of nitrogen functional groups attached to an aromatic ring is 1. The Labute approximate surface area is 264 Å². The van der Waals surface area contributed by atoms with Crippen LogP contribution in [0, 0.1) is 52.2 Å². The van der Waals surface area contributed by atoms with Crippen molar-refractivity contribution in [2.24, 2.45) is 0 Å². The molecule has 4 heterocycles. The van der Waals surface area contributed by atoms with E-state index in [9.17, 15) is 21.0 Å². The Kier molecular flexibility index (Phi) is 8.93. The minimum Gasteiger partial charge on any atom is -0.383 e. The summed E-state index contributed by atoms with van der Waals surface area (Å²) in [5, 5.41) is 46.5. The maximum Gasteiger partial charge on any atom is 0.144 e. The maximum atomic E-state index is 9.61. The van der Waals surface area contributed by atoms with Crippen LogP contribution in [0.5, 0.6) is 0 Å². The molecule has 0 aliphatic carbocycles. The second kappa shape index (κ2) is 12.6. The average molecular weight is 691 g/mol. The lowest BCUT2D eigenvalue weighted by Crippen LogP contribution is -2.06. The number of anilines is 1. The van der Waals surface area contributed by atoms with E-state index in [4.69, 9.17) is 5.73 Å². The summed E-state index contributed by atoms with van der Waals surface area (Å²) in [7, 11) is 0. The molecule has 0 aliphatic rings. The van der Waals surface area contributed by atoms with Gasteiger partial charge in [0.15, 0.2) is 0 Å². The molecule has 0 spiro atoms. The van der Waals surface area contributed by atoms with Crippen molar-refractivity contribution in [3.63, 3.8) is 0 Å². The van der Waals surface area contributed by atoms with Crippen LogP contribution in [0.2, 0.25) is 0 Å². The van der Waals surface area contributed by atoms with E-state index in [2.05, 4.69) is 66.3 Å². The molecule has 6 aromatic rings. The molecule has 2 aromatic carbocycles. The average Bonchev–Trinajstić information content (AvgIpc) is 3.61. The lowest BCUT2D eigenvalue weighted by molar-refractivity contribution is 0.908. The van der Waals surface area contributed by atoms with Gasteiger partial charge >= 0.3 is 0 Å². The first-order valence-corrected chi connectivity index (χ1v) is 13.9.